The second kappa shape index (κ2) is 7.73. The molecule has 1 saturated heterocycles. The second-order valence-electron chi connectivity index (χ2n) is 6.85. The molecule has 2 aromatic carbocycles. The van der Waals surface area contributed by atoms with E-state index in [1.807, 2.05) is 30.3 Å². The van der Waals surface area contributed by atoms with Crippen LogP contribution in [0.5, 0.6) is 0 Å². The first-order valence-electron chi connectivity index (χ1n) is 9.27. The number of nitrogens with zero attached hydrogens (tertiary/aromatic N) is 2. The molecule has 1 aliphatic heterocycles. The number of sulfonamides is 1. The molecular weight excluding hydrogens is 378 g/mol. The molecule has 1 fully saturated rings. The van der Waals surface area contributed by atoms with Crippen LogP contribution in [-0.4, -0.2) is 37.5 Å². The van der Waals surface area contributed by atoms with Gasteiger partial charge in [-0.1, -0.05) is 35.5 Å². The molecule has 0 saturated carbocycles. The monoisotopic (exact) mass is 399 g/mol. The summed E-state index contributed by atoms with van der Waals surface area (Å²) in [6, 6.07) is 13.7. The number of likely N-dealkylation sites (tertiary alicyclic amines) is 1. The number of aromatic nitrogens is 1. The molecule has 0 radical (unpaired) electrons. The molecule has 1 aromatic heterocycles. The van der Waals surface area contributed by atoms with Gasteiger partial charge in [0.2, 0.25) is 10.0 Å². The summed E-state index contributed by atoms with van der Waals surface area (Å²) >= 11 is 0. The number of fused-ring (bicyclic) bond motifs is 1. The summed E-state index contributed by atoms with van der Waals surface area (Å²) in [4.78, 5) is 14.6. The molecule has 1 aliphatic rings. The lowest BCUT2D eigenvalue weighted by atomic mass is 10.1. The first-order chi connectivity index (χ1) is 13.5. The number of hydrogen-bond donors (Lipinski definition) is 1. The molecule has 0 aliphatic carbocycles. The van der Waals surface area contributed by atoms with Crippen LogP contribution in [-0.2, 0) is 16.6 Å². The van der Waals surface area contributed by atoms with Gasteiger partial charge in [-0.25, -0.2) is 13.1 Å². The molecule has 0 unspecified atom stereocenters. The van der Waals surface area contributed by atoms with Crippen LogP contribution in [0.3, 0.4) is 0 Å². The number of amides is 1. The number of nitrogens with one attached hydrogen (secondary N) is 1. The highest BCUT2D eigenvalue weighted by atomic mass is 32.2. The molecule has 0 bridgehead atoms. The van der Waals surface area contributed by atoms with Gasteiger partial charge in [0.05, 0.1) is 10.3 Å². The SMILES string of the molecule is O=C(c1noc2ccc(S(=O)(=O)NCc3ccccc3)cc12)N1CCCCC1. The Kier molecular flexibility index (Phi) is 5.15. The standard InChI is InChI=1S/C20H21N3O4S/c24-20(23-11-5-2-6-12-23)19-17-13-16(9-10-18(17)27-22-19)28(25,26)21-14-15-7-3-1-4-8-15/h1,3-4,7-10,13,21H,2,5-6,11-12,14H2. The van der Waals surface area contributed by atoms with Crippen LogP contribution in [0.2, 0.25) is 0 Å². The van der Waals surface area contributed by atoms with E-state index in [9.17, 15) is 13.2 Å². The van der Waals surface area contributed by atoms with Crippen molar-refractivity contribution in [1.29, 1.82) is 0 Å². The smallest absolute Gasteiger partial charge is 0.276 e. The maximum Gasteiger partial charge on any atom is 0.276 e. The average molecular weight is 399 g/mol. The molecule has 1 amide bonds. The van der Waals surface area contributed by atoms with Crippen molar-refractivity contribution in [2.75, 3.05) is 13.1 Å². The number of hydrogen-bond acceptors (Lipinski definition) is 5. The van der Waals surface area contributed by atoms with E-state index in [1.165, 1.54) is 18.2 Å². The van der Waals surface area contributed by atoms with Gasteiger partial charge in [-0.05, 0) is 43.0 Å². The fraction of sp³-hybridized carbons (Fsp3) is 0.300. The van der Waals surface area contributed by atoms with Gasteiger partial charge in [-0.15, -0.1) is 0 Å². The predicted octanol–water partition coefficient (Wildman–Crippen LogP) is 2.93. The van der Waals surface area contributed by atoms with E-state index in [0.29, 0.717) is 24.1 Å². The summed E-state index contributed by atoms with van der Waals surface area (Å²) in [7, 11) is -3.74. The highest BCUT2D eigenvalue weighted by Crippen LogP contribution is 2.24. The highest BCUT2D eigenvalue weighted by Gasteiger charge is 2.25. The summed E-state index contributed by atoms with van der Waals surface area (Å²) < 4.78 is 33.2. The van der Waals surface area contributed by atoms with Gasteiger partial charge in [-0.2, -0.15) is 0 Å². The van der Waals surface area contributed by atoms with Crippen molar-refractivity contribution in [1.82, 2.24) is 14.8 Å². The third kappa shape index (κ3) is 3.79. The summed E-state index contributed by atoms with van der Waals surface area (Å²) in [5, 5.41) is 4.32. The van der Waals surface area contributed by atoms with Crippen molar-refractivity contribution in [3.05, 3.63) is 59.8 Å². The Hall–Kier alpha value is -2.71. The summed E-state index contributed by atoms with van der Waals surface area (Å²) in [6.07, 6.45) is 3.04. The number of benzene rings is 2. The van der Waals surface area contributed by atoms with Gasteiger partial charge in [0.1, 0.15) is 0 Å². The van der Waals surface area contributed by atoms with E-state index in [1.54, 1.807) is 4.90 Å². The van der Waals surface area contributed by atoms with Gasteiger partial charge < -0.3 is 9.42 Å². The van der Waals surface area contributed by atoms with Crippen LogP contribution in [0, 0.1) is 0 Å². The molecule has 8 heteroatoms. The number of carbonyl (C=O) groups is 1. The van der Waals surface area contributed by atoms with Crippen molar-refractivity contribution in [2.24, 2.45) is 0 Å². The Morgan fingerprint density at radius 3 is 2.57 bits per heavy atom. The first kappa shape index (κ1) is 18.6. The fourth-order valence-corrected chi connectivity index (χ4v) is 4.39. The third-order valence-electron chi connectivity index (χ3n) is 4.91. The normalized spacial score (nSPS) is 15.1. The molecule has 7 nitrogen and oxygen atoms in total. The highest BCUT2D eigenvalue weighted by molar-refractivity contribution is 7.89. The predicted molar refractivity (Wildman–Crippen MR) is 104 cm³/mol. The minimum atomic E-state index is -3.74. The van der Waals surface area contributed by atoms with Crippen molar-refractivity contribution >= 4 is 26.9 Å². The van der Waals surface area contributed by atoms with Crippen LogP contribution < -0.4 is 4.72 Å². The Bertz CT molecular complexity index is 1090. The van der Waals surface area contributed by atoms with E-state index in [0.717, 1.165) is 24.8 Å². The Morgan fingerprint density at radius 2 is 1.82 bits per heavy atom. The van der Waals surface area contributed by atoms with Gasteiger partial charge in [-0.3, -0.25) is 4.79 Å². The lowest BCUT2D eigenvalue weighted by molar-refractivity contribution is 0.0716. The van der Waals surface area contributed by atoms with E-state index in [-0.39, 0.29) is 23.0 Å². The molecule has 4 rings (SSSR count). The number of rotatable bonds is 5. The molecule has 28 heavy (non-hydrogen) atoms. The molecule has 146 valence electrons. The minimum Gasteiger partial charge on any atom is -0.355 e. The van der Waals surface area contributed by atoms with E-state index in [2.05, 4.69) is 9.88 Å². The van der Waals surface area contributed by atoms with E-state index in [4.69, 9.17) is 4.52 Å². The van der Waals surface area contributed by atoms with E-state index < -0.39 is 10.0 Å². The van der Waals surface area contributed by atoms with Gasteiger partial charge >= 0.3 is 0 Å². The van der Waals surface area contributed by atoms with Crippen molar-refractivity contribution in [2.45, 2.75) is 30.7 Å². The van der Waals surface area contributed by atoms with Gasteiger partial charge in [0.15, 0.2) is 11.3 Å². The largest absolute Gasteiger partial charge is 0.355 e. The molecule has 2 heterocycles. The van der Waals surface area contributed by atoms with Crippen LogP contribution in [0.1, 0.15) is 35.3 Å². The average Bonchev–Trinajstić information content (AvgIpc) is 3.16. The van der Waals surface area contributed by atoms with Gasteiger partial charge in [0, 0.05) is 19.6 Å². The van der Waals surface area contributed by atoms with Crippen molar-refractivity contribution < 1.29 is 17.7 Å². The van der Waals surface area contributed by atoms with Crippen LogP contribution in [0.4, 0.5) is 0 Å². The molecule has 1 N–H and O–H groups in total. The quantitative estimate of drug-likeness (QED) is 0.712. The minimum absolute atomic E-state index is 0.0758. The lowest BCUT2D eigenvalue weighted by Crippen LogP contribution is -2.35. The zero-order valence-electron chi connectivity index (χ0n) is 15.3. The van der Waals surface area contributed by atoms with Crippen molar-refractivity contribution in [3.63, 3.8) is 0 Å². The first-order valence-corrected chi connectivity index (χ1v) is 10.8. The zero-order valence-corrected chi connectivity index (χ0v) is 16.1. The van der Waals surface area contributed by atoms with Crippen LogP contribution in [0.25, 0.3) is 11.0 Å². The Labute approximate surface area is 163 Å². The van der Waals surface area contributed by atoms with E-state index >= 15 is 0 Å². The summed E-state index contributed by atoms with van der Waals surface area (Å²) in [5.41, 5.74) is 1.41. The number of carbonyl (C=O) groups excluding carboxylic acids is 1. The molecule has 0 atom stereocenters. The third-order valence-corrected chi connectivity index (χ3v) is 6.31. The second-order valence-corrected chi connectivity index (χ2v) is 8.62. The summed E-state index contributed by atoms with van der Waals surface area (Å²) in [5.74, 6) is -0.217. The molecule has 3 aromatic rings. The lowest BCUT2D eigenvalue weighted by Gasteiger charge is -2.25. The maximum atomic E-state index is 12.8. The number of piperidine rings is 1. The van der Waals surface area contributed by atoms with Gasteiger partial charge in [0.25, 0.3) is 5.91 Å². The Balaban J connectivity index is 1.60. The van der Waals surface area contributed by atoms with Crippen molar-refractivity contribution in [3.8, 4) is 0 Å². The topological polar surface area (TPSA) is 92.5 Å². The summed E-state index contributed by atoms with van der Waals surface area (Å²) in [6.45, 7) is 1.55. The zero-order chi connectivity index (χ0) is 19.6. The van der Waals surface area contributed by atoms with Crippen LogP contribution in [0.15, 0.2) is 57.9 Å². The maximum absolute atomic E-state index is 12.8. The van der Waals surface area contributed by atoms with Crippen LogP contribution >= 0.6 is 0 Å². The Morgan fingerprint density at radius 1 is 1.07 bits per heavy atom. The molecule has 0 spiro atoms. The fourth-order valence-electron chi connectivity index (χ4n) is 3.34. The molecular formula is C20H21N3O4S.